The Morgan fingerprint density at radius 1 is 1.19 bits per heavy atom. The smallest absolute Gasteiger partial charge is 0.190 e. The fourth-order valence-electron chi connectivity index (χ4n) is 9.49. The molecule has 2 heterocycles. The molecule has 0 aromatic heterocycles. The maximum Gasteiger partial charge on any atom is 0.190 e. The van der Waals surface area contributed by atoms with Crippen LogP contribution in [0.4, 0.5) is 0 Å². The van der Waals surface area contributed by atoms with E-state index in [1.165, 1.54) is 56.2 Å². The Labute approximate surface area is 288 Å². The van der Waals surface area contributed by atoms with Crippen LogP contribution in [-0.4, -0.2) is 72.6 Å². The molecule has 6 atom stereocenters. The Kier molecular flexibility index (Phi) is 11.7. The second-order valence-electron chi connectivity index (χ2n) is 15.2. The molecule has 5 aliphatic rings. The number of aryl methyl sites for hydroxylation is 1. The monoisotopic (exact) mass is 661 g/mol. The standard InChI is InChI=1S/C40H59N3O5/c1-4-5-11-38-28(24-44)19-29(48-38)14-12-27-13-15-37(46)39(18-27)47-25-36(41-3)34-20-31-32(23-42-22-26(2)45)30-9-8-10-33(30)40(16-6-7-17-40)21-35(31)43-34/h13,15,18-20,26,30,32-33,36,38,41-42,44-46H,4-12,14,16-17,21-25H2,1-3H3/t26-,30-,32-,33-,36-,38?/m0/s1. The summed E-state index contributed by atoms with van der Waals surface area (Å²) in [7, 11) is 1.96. The molecule has 1 spiro atoms. The van der Waals surface area contributed by atoms with Gasteiger partial charge in [0.15, 0.2) is 23.3 Å². The van der Waals surface area contributed by atoms with E-state index in [4.69, 9.17) is 14.5 Å². The molecule has 0 saturated heterocycles. The number of aromatic hydroxyl groups is 1. The molecule has 8 heteroatoms. The van der Waals surface area contributed by atoms with Gasteiger partial charge in [0, 0.05) is 25.8 Å². The molecule has 48 heavy (non-hydrogen) atoms. The third-order valence-electron chi connectivity index (χ3n) is 11.9. The van der Waals surface area contributed by atoms with E-state index in [2.05, 4.69) is 23.6 Å². The van der Waals surface area contributed by atoms with Crippen molar-refractivity contribution in [3.05, 3.63) is 59.2 Å². The Bertz CT molecular complexity index is 1320. The number of nitrogens with one attached hydrogen (secondary N) is 2. The fraction of sp³-hybridized carbons (Fsp3) is 0.675. The number of phenolic OH excluding ortho intramolecular Hbond substituents is 1. The first-order valence-corrected chi connectivity index (χ1v) is 18.8. The second kappa shape index (κ2) is 15.9. The first-order valence-electron chi connectivity index (χ1n) is 18.8. The quantitative estimate of drug-likeness (QED) is 0.134. The van der Waals surface area contributed by atoms with E-state index in [1.807, 2.05) is 32.2 Å². The number of hydrogen-bond donors (Lipinski definition) is 5. The van der Waals surface area contributed by atoms with Gasteiger partial charge in [0.25, 0.3) is 0 Å². The summed E-state index contributed by atoms with van der Waals surface area (Å²) in [6, 6.07) is 6.49. The largest absolute Gasteiger partial charge is 0.592 e. The number of fused-ring (bicyclic) bond motifs is 3. The van der Waals surface area contributed by atoms with Crippen molar-refractivity contribution in [1.82, 2.24) is 10.6 Å². The number of nitrogens with zero attached hydrogens (tertiary/aromatic N) is 1. The van der Waals surface area contributed by atoms with Crippen LogP contribution in [0.5, 0.6) is 11.5 Å². The Morgan fingerprint density at radius 3 is 2.77 bits per heavy atom. The SMILES string of the molecule is CCCCC1OC(CCc2ccc(O)c(OC[C@H](NC)[C+]3C=C4C(=N3)CC3(CCCC3)[C@H]3CCC[C@H]3[C@@H]4CNC[C@H](C)O)c2)=C[C-]1CO. The summed E-state index contributed by atoms with van der Waals surface area (Å²) < 4.78 is 12.5. The van der Waals surface area contributed by atoms with Crippen molar-refractivity contribution in [3.63, 3.8) is 0 Å². The van der Waals surface area contributed by atoms with Crippen LogP contribution in [0.3, 0.4) is 0 Å². The van der Waals surface area contributed by atoms with Crippen molar-refractivity contribution in [2.45, 2.75) is 116 Å². The molecule has 0 bridgehead atoms. The highest BCUT2D eigenvalue weighted by Crippen LogP contribution is 2.60. The van der Waals surface area contributed by atoms with Crippen LogP contribution >= 0.6 is 0 Å². The molecule has 2 aliphatic heterocycles. The van der Waals surface area contributed by atoms with E-state index in [-0.39, 0.29) is 30.6 Å². The van der Waals surface area contributed by atoms with Crippen molar-refractivity contribution in [2.75, 3.05) is 33.4 Å². The van der Waals surface area contributed by atoms with Crippen molar-refractivity contribution >= 4 is 5.71 Å². The number of aliphatic hydroxyl groups is 2. The van der Waals surface area contributed by atoms with Crippen molar-refractivity contribution < 1.29 is 24.8 Å². The average molecular weight is 662 g/mol. The molecule has 8 nitrogen and oxygen atoms in total. The van der Waals surface area contributed by atoms with Crippen LogP contribution in [0, 0.1) is 35.1 Å². The van der Waals surface area contributed by atoms with Gasteiger partial charge in [-0.1, -0.05) is 57.3 Å². The number of rotatable bonds is 16. The first kappa shape index (κ1) is 35.2. The normalized spacial score (nSPS) is 27.2. The minimum Gasteiger partial charge on any atom is -0.592 e. The van der Waals surface area contributed by atoms with Crippen LogP contribution in [0.25, 0.3) is 0 Å². The summed E-state index contributed by atoms with van der Waals surface area (Å²) in [6.45, 7) is 5.89. The van der Waals surface area contributed by atoms with Gasteiger partial charge in [-0.3, -0.25) is 5.32 Å². The average Bonchev–Trinajstić information content (AvgIpc) is 3.89. The van der Waals surface area contributed by atoms with Gasteiger partial charge in [0.05, 0.1) is 24.5 Å². The number of allylic oxidation sites excluding steroid dienone is 1. The molecule has 1 unspecified atom stereocenters. The lowest BCUT2D eigenvalue weighted by Gasteiger charge is -2.37. The molecular weight excluding hydrogens is 602 g/mol. The highest BCUT2D eigenvalue weighted by Gasteiger charge is 2.57. The lowest BCUT2D eigenvalue weighted by atomic mass is 9.66. The van der Waals surface area contributed by atoms with Crippen molar-refractivity contribution in [1.29, 1.82) is 0 Å². The van der Waals surface area contributed by atoms with Crippen molar-refractivity contribution in [2.24, 2.45) is 28.2 Å². The molecule has 5 N–H and O–H groups in total. The number of likely N-dealkylation sites (N-methyl/N-ethyl adjacent to an activating group) is 1. The summed E-state index contributed by atoms with van der Waals surface area (Å²) in [5, 5.41) is 37.6. The van der Waals surface area contributed by atoms with Gasteiger partial charge in [-0.25, -0.2) is 0 Å². The third kappa shape index (κ3) is 7.72. The summed E-state index contributed by atoms with van der Waals surface area (Å²) in [4.78, 5) is 5.36. The lowest BCUT2D eigenvalue weighted by Crippen LogP contribution is -2.37. The third-order valence-corrected chi connectivity index (χ3v) is 11.9. The first-order chi connectivity index (χ1) is 23.3. The zero-order valence-corrected chi connectivity index (χ0v) is 29.5. The molecule has 0 amide bonds. The molecule has 6 rings (SSSR count). The molecule has 1 aromatic carbocycles. The predicted octanol–water partition coefficient (Wildman–Crippen LogP) is 6.21. The maximum absolute atomic E-state index is 10.7. The molecule has 3 saturated carbocycles. The number of hydrogen-bond acceptors (Lipinski definition) is 8. The summed E-state index contributed by atoms with van der Waals surface area (Å²) >= 11 is 0. The number of aliphatic imine (C=N–C) groups is 1. The van der Waals surface area contributed by atoms with Crippen molar-refractivity contribution in [3.8, 4) is 11.5 Å². The number of benzene rings is 1. The number of aliphatic hydroxyl groups excluding tert-OH is 2. The van der Waals surface area contributed by atoms with Crippen LogP contribution in [0.1, 0.15) is 96.5 Å². The second-order valence-corrected chi connectivity index (χ2v) is 15.2. The van der Waals surface area contributed by atoms with Gasteiger partial charge in [0.2, 0.25) is 0 Å². The van der Waals surface area contributed by atoms with E-state index in [1.54, 1.807) is 6.07 Å². The molecule has 3 aliphatic carbocycles. The number of phenols is 1. The van der Waals surface area contributed by atoms with Gasteiger partial charge < -0.3 is 30.1 Å². The number of unbranched alkanes of at least 4 members (excludes halogenated alkanes) is 1. The summed E-state index contributed by atoms with van der Waals surface area (Å²) in [5.41, 5.74) is 4.11. The van der Waals surface area contributed by atoms with Gasteiger partial charge in [0.1, 0.15) is 18.2 Å². The molecular formula is C40H59N3O5. The zero-order valence-electron chi connectivity index (χ0n) is 29.5. The Balaban J connectivity index is 1.13. The fourth-order valence-corrected chi connectivity index (χ4v) is 9.49. The lowest BCUT2D eigenvalue weighted by molar-refractivity contribution is 0.115. The van der Waals surface area contributed by atoms with E-state index in [0.29, 0.717) is 36.2 Å². The predicted molar refractivity (Wildman–Crippen MR) is 191 cm³/mol. The van der Waals surface area contributed by atoms with Crippen LogP contribution in [-0.2, 0) is 11.2 Å². The number of ether oxygens (including phenoxy) is 2. The zero-order chi connectivity index (χ0) is 33.7. The van der Waals surface area contributed by atoms with Crippen LogP contribution in [0.2, 0.25) is 0 Å². The minimum absolute atomic E-state index is 0.0129. The highest BCUT2D eigenvalue weighted by atomic mass is 16.5. The van der Waals surface area contributed by atoms with E-state index in [0.717, 1.165) is 74.3 Å². The summed E-state index contributed by atoms with van der Waals surface area (Å²) in [6.07, 6.45) is 18.9. The van der Waals surface area contributed by atoms with E-state index in [9.17, 15) is 15.3 Å². The Hall–Kier alpha value is -2.65. The van der Waals surface area contributed by atoms with Gasteiger partial charge in [-0.2, -0.15) is 12.0 Å². The molecule has 3 fully saturated rings. The Morgan fingerprint density at radius 2 is 2.02 bits per heavy atom. The van der Waals surface area contributed by atoms with Crippen LogP contribution in [0.15, 0.2) is 46.7 Å². The maximum atomic E-state index is 10.7. The molecule has 0 radical (unpaired) electrons. The molecule has 264 valence electrons. The molecule has 1 aromatic rings. The summed E-state index contributed by atoms with van der Waals surface area (Å²) in [5.74, 6) is 4.31. The van der Waals surface area contributed by atoms with E-state index < -0.39 is 0 Å². The van der Waals surface area contributed by atoms with Gasteiger partial charge in [-0.15, -0.1) is 4.99 Å². The van der Waals surface area contributed by atoms with E-state index >= 15 is 0 Å². The van der Waals surface area contributed by atoms with Gasteiger partial charge in [-0.05, 0) is 87.4 Å². The topological polar surface area (TPSA) is 116 Å². The minimum atomic E-state index is -0.362. The van der Waals surface area contributed by atoms with Crippen LogP contribution < -0.4 is 15.4 Å². The van der Waals surface area contributed by atoms with Gasteiger partial charge >= 0.3 is 0 Å². The highest BCUT2D eigenvalue weighted by molar-refractivity contribution is 6.04.